The fraction of sp³-hybridized carbons (Fsp3) is 0.292. The molecule has 2 heterocycles. The van der Waals surface area contributed by atoms with Crippen LogP contribution in [0.4, 0.5) is 4.79 Å². The molecular weight excluding hydrogens is 450 g/mol. The Balaban J connectivity index is 1.32. The number of hydrogen-bond acceptors (Lipinski definition) is 6. The maximum atomic E-state index is 12.6. The zero-order valence-corrected chi connectivity index (χ0v) is 18.9. The van der Waals surface area contributed by atoms with E-state index >= 15 is 0 Å². The number of amides is 1. The highest BCUT2D eigenvalue weighted by molar-refractivity contribution is 8.04. The second-order valence-corrected chi connectivity index (χ2v) is 9.67. The molecule has 1 saturated heterocycles. The molecule has 0 aromatic heterocycles. The van der Waals surface area contributed by atoms with Crippen molar-refractivity contribution in [3.8, 4) is 5.75 Å². The normalized spacial score (nSPS) is 19.4. The van der Waals surface area contributed by atoms with Crippen LogP contribution in [0.3, 0.4) is 0 Å². The summed E-state index contributed by atoms with van der Waals surface area (Å²) in [5.74, 6) is 0.430. The topological polar surface area (TPSA) is 72.9 Å². The zero-order valence-electron chi connectivity index (χ0n) is 17.4. The summed E-state index contributed by atoms with van der Waals surface area (Å²) in [6.07, 6.45) is 0.805. The van der Waals surface area contributed by atoms with Gasteiger partial charge in [-0.3, -0.25) is 9.59 Å². The van der Waals surface area contributed by atoms with Gasteiger partial charge in [-0.1, -0.05) is 23.7 Å². The molecule has 1 spiro atoms. The summed E-state index contributed by atoms with van der Waals surface area (Å²) in [5.41, 5.74) is 1.37. The van der Waals surface area contributed by atoms with E-state index in [1.807, 2.05) is 25.1 Å². The average Bonchev–Trinajstić information content (AvgIpc) is 2.78. The highest BCUT2D eigenvalue weighted by atomic mass is 35.5. The lowest BCUT2D eigenvalue weighted by molar-refractivity contribution is -0.111. The van der Waals surface area contributed by atoms with E-state index in [1.54, 1.807) is 29.2 Å². The summed E-state index contributed by atoms with van der Waals surface area (Å²) in [5, 5.41) is 0.472. The van der Waals surface area contributed by atoms with Gasteiger partial charge in [0.05, 0.1) is 0 Å². The number of carbonyl (C=O) groups is 3. The van der Waals surface area contributed by atoms with E-state index in [-0.39, 0.29) is 6.09 Å². The molecule has 3 aliphatic rings. The first-order chi connectivity index (χ1) is 15.3. The van der Waals surface area contributed by atoms with E-state index in [0.717, 1.165) is 5.56 Å². The summed E-state index contributed by atoms with van der Waals surface area (Å²) in [6.45, 7) is 2.89. The third kappa shape index (κ3) is 3.69. The summed E-state index contributed by atoms with van der Waals surface area (Å²) in [4.78, 5) is 39.7. The molecule has 0 bridgehead atoms. The van der Waals surface area contributed by atoms with Gasteiger partial charge in [-0.05, 0) is 42.8 Å². The van der Waals surface area contributed by atoms with E-state index in [4.69, 9.17) is 21.1 Å². The number of carbonyl (C=O) groups excluding carboxylic acids is 3. The molecule has 32 heavy (non-hydrogen) atoms. The number of nitrogens with zero attached hydrogens (tertiary/aromatic N) is 1. The molecule has 1 fully saturated rings. The second kappa shape index (κ2) is 7.98. The first-order valence-corrected chi connectivity index (χ1v) is 11.7. The Kier molecular flexibility index (Phi) is 5.26. The number of aryl methyl sites for hydroxylation is 1. The number of ketones is 2. The smallest absolute Gasteiger partial charge is 0.415 e. The molecule has 1 amide bonds. The van der Waals surface area contributed by atoms with Gasteiger partial charge in [0.15, 0.2) is 0 Å². The van der Waals surface area contributed by atoms with Crippen LogP contribution in [-0.2, 0) is 9.53 Å². The van der Waals surface area contributed by atoms with Crippen molar-refractivity contribution in [2.24, 2.45) is 0 Å². The lowest BCUT2D eigenvalue weighted by Crippen LogP contribution is -2.51. The van der Waals surface area contributed by atoms with Gasteiger partial charge in [0.2, 0.25) is 11.6 Å². The molecule has 0 saturated carbocycles. The molecule has 6 nitrogen and oxygen atoms in total. The van der Waals surface area contributed by atoms with Gasteiger partial charge in [0, 0.05) is 47.8 Å². The van der Waals surface area contributed by atoms with E-state index in [1.165, 1.54) is 11.8 Å². The van der Waals surface area contributed by atoms with Crippen LogP contribution in [0.25, 0.3) is 5.76 Å². The highest BCUT2D eigenvalue weighted by Gasteiger charge is 2.46. The van der Waals surface area contributed by atoms with Crippen LogP contribution >= 0.6 is 23.4 Å². The van der Waals surface area contributed by atoms with Crippen molar-refractivity contribution >= 4 is 46.8 Å². The summed E-state index contributed by atoms with van der Waals surface area (Å²) in [6, 6.07) is 12.2. The van der Waals surface area contributed by atoms with Crippen LogP contribution in [0.15, 0.2) is 47.4 Å². The summed E-state index contributed by atoms with van der Waals surface area (Å²) in [7, 11) is 0. The minimum Gasteiger partial charge on any atom is -0.484 e. The predicted octanol–water partition coefficient (Wildman–Crippen LogP) is 4.88. The van der Waals surface area contributed by atoms with Crippen molar-refractivity contribution in [3.63, 3.8) is 0 Å². The minimum absolute atomic E-state index is 0.315. The summed E-state index contributed by atoms with van der Waals surface area (Å²) < 4.78 is 11.9. The largest absolute Gasteiger partial charge is 0.484 e. The van der Waals surface area contributed by atoms with Crippen LogP contribution in [0.2, 0.25) is 5.02 Å². The standard InChI is InChI=1S/C24H20ClNO5S/c1-14-3-2-4-16(11-14)30-23(29)26-9-7-24(8-10-26)13-32-22-20(28)19(27)17-6-5-15(25)12-18(17)21(22)31-24/h2-6,11-12H,7-10,13H2,1H3. The van der Waals surface area contributed by atoms with Crippen molar-refractivity contribution < 1.29 is 23.9 Å². The quantitative estimate of drug-likeness (QED) is 0.554. The Labute approximate surface area is 194 Å². The number of rotatable bonds is 1. The van der Waals surface area contributed by atoms with Crippen molar-refractivity contribution in [2.75, 3.05) is 18.8 Å². The third-order valence-electron chi connectivity index (χ3n) is 6.02. The average molecular weight is 470 g/mol. The molecule has 164 valence electrons. The van der Waals surface area contributed by atoms with E-state index in [0.29, 0.717) is 64.2 Å². The van der Waals surface area contributed by atoms with Crippen molar-refractivity contribution in [2.45, 2.75) is 25.4 Å². The number of fused-ring (bicyclic) bond motifs is 2. The van der Waals surface area contributed by atoms with Crippen molar-refractivity contribution in [3.05, 3.63) is 69.1 Å². The number of likely N-dealkylation sites (tertiary alicyclic amines) is 1. The van der Waals surface area contributed by atoms with Crippen molar-refractivity contribution in [1.29, 1.82) is 0 Å². The fourth-order valence-electron chi connectivity index (χ4n) is 4.22. The van der Waals surface area contributed by atoms with E-state index in [9.17, 15) is 14.4 Å². The third-order valence-corrected chi connectivity index (χ3v) is 7.58. The number of piperidine rings is 1. The van der Waals surface area contributed by atoms with Crippen LogP contribution in [0.1, 0.15) is 34.3 Å². The van der Waals surface area contributed by atoms with Gasteiger partial charge in [-0.15, -0.1) is 11.8 Å². The Hall–Kier alpha value is -2.77. The Morgan fingerprint density at radius 1 is 1.09 bits per heavy atom. The Morgan fingerprint density at radius 3 is 2.62 bits per heavy atom. The molecule has 1 aliphatic carbocycles. The molecule has 0 unspecified atom stereocenters. The van der Waals surface area contributed by atoms with Gasteiger partial charge in [0.1, 0.15) is 22.0 Å². The first kappa shape index (κ1) is 21.1. The van der Waals surface area contributed by atoms with Gasteiger partial charge in [-0.2, -0.15) is 0 Å². The number of ether oxygens (including phenoxy) is 2. The molecular formula is C24H20ClNO5S. The lowest BCUT2D eigenvalue weighted by atomic mass is 9.90. The number of allylic oxidation sites excluding steroid dienone is 1. The molecule has 0 radical (unpaired) electrons. The van der Waals surface area contributed by atoms with Crippen LogP contribution < -0.4 is 4.74 Å². The molecule has 0 N–H and O–H groups in total. The second-order valence-electron chi connectivity index (χ2n) is 8.25. The maximum Gasteiger partial charge on any atom is 0.415 e. The highest BCUT2D eigenvalue weighted by Crippen LogP contribution is 2.47. The molecule has 2 aromatic carbocycles. The molecule has 0 atom stereocenters. The van der Waals surface area contributed by atoms with Gasteiger partial charge in [-0.25, -0.2) is 4.79 Å². The molecule has 2 aliphatic heterocycles. The van der Waals surface area contributed by atoms with Crippen LogP contribution in [-0.4, -0.2) is 47.0 Å². The SMILES string of the molecule is Cc1cccc(OC(=O)N2CCC3(CC2)CSC2=C(O3)c3cc(Cl)ccc3C(=O)C2=O)c1. The zero-order chi connectivity index (χ0) is 22.5. The molecule has 2 aromatic rings. The van der Waals surface area contributed by atoms with E-state index in [2.05, 4.69) is 0 Å². The fourth-order valence-corrected chi connectivity index (χ4v) is 5.66. The monoisotopic (exact) mass is 469 g/mol. The Bertz CT molecular complexity index is 1180. The van der Waals surface area contributed by atoms with Gasteiger partial charge >= 0.3 is 6.09 Å². The summed E-state index contributed by atoms with van der Waals surface area (Å²) >= 11 is 7.51. The number of thioether (sulfide) groups is 1. The lowest BCUT2D eigenvalue weighted by Gasteiger charge is -2.45. The van der Waals surface area contributed by atoms with E-state index < -0.39 is 17.2 Å². The van der Waals surface area contributed by atoms with Gasteiger partial charge < -0.3 is 14.4 Å². The van der Waals surface area contributed by atoms with Crippen LogP contribution in [0, 0.1) is 6.92 Å². The number of hydrogen-bond donors (Lipinski definition) is 0. The molecule has 8 heteroatoms. The number of Topliss-reactive ketones (excluding diaryl/α,β-unsaturated/α-hetero) is 2. The Morgan fingerprint density at radius 2 is 1.88 bits per heavy atom. The van der Waals surface area contributed by atoms with Gasteiger partial charge in [0.25, 0.3) is 0 Å². The van der Waals surface area contributed by atoms with Crippen molar-refractivity contribution in [1.82, 2.24) is 4.90 Å². The molecule has 5 rings (SSSR count). The van der Waals surface area contributed by atoms with Crippen LogP contribution in [0.5, 0.6) is 5.75 Å². The first-order valence-electron chi connectivity index (χ1n) is 10.3. The predicted molar refractivity (Wildman–Crippen MR) is 122 cm³/mol. The minimum atomic E-state index is -0.533. The number of benzene rings is 2. The number of halogens is 1. The maximum absolute atomic E-state index is 12.6.